The van der Waals surface area contributed by atoms with Crippen LogP contribution >= 0.6 is 0 Å². The van der Waals surface area contributed by atoms with E-state index in [0.717, 1.165) is 44.5 Å². The van der Waals surface area contributed by atoms with Crippen LogP contribution in [-0.4, -0.2) is 24.8 Å². The van der Waals surface area contributed by atoms with Crippen LogP contribution in [0.15, 0.2) is 291 Å². The molecule has 0 bridgehead atoms. The molecule has 0 spiro atoms. The van der Waals surface area contributed by atoms with Crippen LogP contribution in [0.1, 0.15) is 89.5 Å². The Kier molecular flexibility index (Phi) is 24.4. The molecule has 2 heterocycles. The van der Waals surface area contributed by atoms with E-state index >= 15 is 9.59 Å². The predicted molar refractivity (Wildman–Crippen MR) is 409 cm³/mol. The number of benzene rings is 11. The Morgan fingerprint density at radius 3 is 0.953 bits per heavy atom. The number of hydrogen-bond acceptors (Lipinski definition) is 15. The van der Waals surface area contributed by atoms with Gasteiger partial charge in [0.05, 0.1) is 13.2 Å². The standard InChI is InChI=1S/C91H80O15/c1-63-50-80(103-61-69-36-19-7-20-37-69)84-82(51-63)105-88(71-44-46-76(99-57-65-28-11-3-12-29-65)78(52-71)101-59-67-32-15-5-16-33-67)90(86(84)94)96-48-24-42-73(92)40-23-41-74(93)43-25-49-97-91-87(95)85-81(104-62-70-38-21-8-22-39-70)54-75(98-56-64-26-9-2-10-27-64)55-83(85)106-89(91)72-45-47-77(100-58-66-30-13-4-14-31-66)79(53-72)102-60-68-34-17-6-18-35-68/h2-22,26-39,44-47,50-55H,23-25,40-43,48-49,56-62H2,1H3. The van der Waals surface area contributed by atoms with Crippen molar-refractivity contribution in [2.24, 2.45) is 0 Å². The largest absolute Gasteiger partial charge is 0.489 e. The highest BCUT2D eigenvalue weighted by molar-refractivity contribution is 5.90. The minimum atomic E-state index is -0.496. The second-order valence-corrected chi connectivity index (χ2v) is 25.7. The third-order valence-electron chi connectivity index (χ3n) is 17.6. The zero-order valence-corrected chi connectivity index (χ0v) is 58.9. The van der Waals surface area contributed by atoms with E-state index in [1.807, 2.05) is 225 Å². The summed E-state index contributed by atoms with van der Waals surface area (Å²) in [5.41, 5.74) is 7.89. The summed E-state index contributed by atoms with van der Waals surface area (Å²) in [5.74, 6) is 2.77. The van der Waals surface area contributed by atoms with E-state index < -0.39 is 10.9 Å². The molecule has 106 heavy (non-hydrogen) atoms. The lowest BCUT2D eigenvalue weighted by Gasteiger charge is -2.17. The van der Waals surface area contributed by atoms with Gasteiger partial charge < -0.3 is 51.5 Å². The van der Waals surface area contributed by atoms with Crippen molar-refractivity contribution >= 4 is 33.5 Å². The van der Waals surface area contributed by atoms with Gasteiger partial charge in [-0.15, -0.1) is 0 Å². The normalized spacial score (nSPS) is 11.1. The third kappa shape index (κ3) is 19.4. The number of aryl methyl sites for hydroxylation is 1. The Morgan fingerprint density at radius 2 is 0.594 bits per heavy atom. The molecule has 534 valence electrons. The van der Waals surface area contributed by atoms with Crippen LogP contribution in [0, 0.1) is 6.92 Å². The Morgan fingerprint density at radius 1 is 0.292 bits per heavy atom. The molecule has 0 amide bonds. The molecular weight excluding hydrogens is 1330 g/mol. The number of carbonyl (C=O) groups excluding carboxylic acids is 2. The Labute approximate surface area is 615 Å². The highest BCUT2D eigenvalue weighted by atomic mass is 16.5. The van der Waals surface area contributed by atoms with Crippen molar-refractivity contribution in [2.75, 3.05) is 13.2 Å². The average Bonchev–Trinajstić information content (AvgIpc) is 0.763. The molecule has 0 atom stereocenters. The van der Waals surface area contributed by atoms with Gasteiger partial charge in [-0.05, 0) is 119 Å². The van der Waals surface area contributed by atoms with Gasteiger partial charge in [-0.2, -0.15) is 0 Å². The topological polar surface area (TPSA) is 178 Å². The van der Waals surface area contributed by atoms with Crippen LogP contribution in [0.2, 0.25) is 0 Å². The molecule has 13 rings (SSSR count). The van der Waals surface area contributed by atoms with E-state index in [1.54, 1.807) is 54.6 Å². The highest BCUT2D eigenvalue weighted by Crippen LogP contribution is 2.43. The molecule has 15 heteroatoms. The fraction of sp³-hybridized carbons (Fsp3) is 0.187. The van der Waals surface area contributed by atoms with E-state index in [0.29, 0.717) is 57.6 Å². The van der Waals surface area contributed by atoms with Crippen LogP contribution in [0.25, 0.3) is 44.6 Å². The molecule has 13 aromatic rings. The number of rotatable bonds is 37. The molecule has 0 fully saturated rings. The van der Waals surface area contributed by atoms with Gasteiger partial charge in [0.1, 0.15) is 97.0 Å². The fourth-order valence-corrected chi connectivity index (χ4v) is 12.1. The predicted octanol–water partition coefficient (Wildman–Crippen LogP) is 19.9. The molecule has 0 N–H and O–H groups in total. The number of Topliss-reactive ketones (excluding diaryl/α,β-unsaturated/α-hetero) is 2. The van der Waals surface area contributed by atoms with E-state index in [1.165, 1.54) is 0 Å². The number of ether oxygens (including phenoxy) is 9. The first kappa shape index (κ1) is 71.8. The van der Waals surface area contributed by atoms with Crippen LogP contribution in [0.3, 0.4) is 0 Å². The molecule has 0 unspecified atom stereocenters. The monoisotopic (exact) mass is 1410 g/mol. The van der Waals surface area contributed by atoms with Crippen LogP contribution in [0.5, 0.6) is 51.7 Å². The van der Waals surface area contributed by atoms with Gasteiger partial charge in [-0.3, -0.25) is 19.2 Å². The Bertz CT molecular complexity index is 5190. The van der Waals surface area contributed by atoms with Crippen molar-refractivity contribution in [2.45, 2.75) is 98.1 Å². The molecule has 0 radical (unpaired) electrons. The van der Waals surface area contributed by atoms with Gasteiger partial charge in [0.15, 0.2) is 34.5 Å². The Balaban J connectivity index is 0.699. The SMILES string of the molecule is Cc1cc(OCc2ccccc2)c2c(=O)c(OCCCC(=O)CCCC(=O)CCCOc3c(-c4ccc(OCc5ccccc5)c(OCc5ccccc5)c4)oc4cc(OCc5ccccc5)cc(OCc5ccccc5)c4c3=O)c(-c3ccc(OCc4ccccc4)c(OCc4ccccc4)c3)oc2c1. The van der Waals surface area contributed by atoms with E-state index in [2.05, 4.69) is 0 Å². The minimum Gasteiger partial charge on any atom is -0.489 e. The lowest BCUT2D eigenvalue weighted by molar-refractivity contribution is -0.120. The molecule has 0 saturated heterocycles. The molecule has 11 aromatic carbocycles. The molecule has 0 saturated carbocycles. The summed E-state index contributed by atoms with van der Waals surface area (Å²) >= 11 is 0. The number of hydrogen-bond donors (Lipinski definition) is 0. The van der Waals surface area contributed by atoms with Gasteiger partial charge in [-0.1, -0.05) is 212 Å². The summed E-state index contributed by atoms with van der Waals surface area (Å²) in [6.07, 6.45) is 1.40. The van der Waals surface area contributed by atoms with Crippen molar-refractivity contribution in [1.29, 1.82) is 0 Å². The average molecular weight is 1410 g/mol. The summed E-state index contributed by atoms with van der Waals surface area (Å²) < 4.78 is 71.4. The molecule has 0 aliphatic heterocycles. The van der Waals surface area contributed by atoms with Crippen LogP contribution in [-0.2, 0) is 55.8 Å². The summed E-state index contributed by atoms with van der Waals surface area (Å²) in [5, 5.41) is 0.354. The summed E-state index contributed by atoms with van der Waals surface area (Å²) in [6.45, 7) is 3.49. The third-order valence-corrected chi connectivity index (χ3v) is 17.6. The molecule has 15 nitrogen and oxygen atoms in total. The molecule has 2 aromatic heterocycles. The molecule has 0 aliphatic carbocycles. The van der Waals surface area contributed by atoms with Crippen LogP contribution in [0.4, 0.5) is 0 Å². The minimum absolute atomic E-state index is 0.00315. The van der Waals surface area contributed by atoms with Crippen molar-refractivity contribution in [3.05, 3.63) is 338 Å². The fourth-order valence-electron chi connectivity index (χ4n) is 12.1. The second-order valence-electron chi connectivity index (χ2n) is 25.7. The van der Waals surface area contributed by atoms with Crippen molar-refractivity contribution in [3.63, 3.8) is 0 Å². The molecular formula is C91H80O15. The van der Waals surface area contributed by atoms with Crippen molar-refractivity contribution in [1.82, 2.24) is 0 Å². The maximum Gasteiger partial charge on any atom is 0.239 e. The van der Waals surface area contributed by atoms with Gasteiger partial charge in [0.25, 0.3) is 0 Å². The van der Waals surface area contributed by atoms with E-state index in [4.69, 9.17) is 51.5 Å². The smallest absolute Gasteiger partial charge is 0.239 e. The lowest BCUT2D eigenvalue weighted by Crippen LogP contribution is -2.14. The summed E-state index contributed by atoms with van der Waals surface area (Å²) in [7, 11) is 0. The first-order chi connectivity index (χ1) is 52.1. The maximum atomic E-state index is 15.3. The Hall–Kier alpha value is -12.6. The van der Waals surface area contributed by atoms with E-state index in [-0.39, 0.29) is 155 Å². The number of ketones is 2. The quantitative estimate of drug-likeness (QED) is 0.0336. The zero-order valence-electron chi connectivity index (χ0n) is 58.9. The van der Waals surface area contributed by atoms with Crippen molar-refractivity contribution in [3.8, 4) is 74.4 Å². The maximum absolute atomic E-state index is 15.3. The first-order valence-electron chi connectivity index (χ1n) is 35.6. The number of fused-ring (bicyclic) bond motifs is 2. The van der Waals surface area contributed by atoms with Crippen molar-refractivity contribution < 1.29 is 61.1 Å². The van der Waals surface area contributed by atoms with Gasteiger partial charge in [0, 0.05) is 48.9 Å². The zero-order chi connectivity index (χ0) is 72.7. The van der Waals surface area contributed by atoms with Gasteiger partial charge in [-0.25, -0.2) is 0 Å². The van der Waals surface area contributed by atoms with Gasteiger partial charge >= 0.3 is 0 Å². The molecule has 0 aliphatic rings. The van der Waals surface area contributed by atoms with Gasteiger partial charge in [0.2, 0.25) is 22.4 Å². The highest BCUT2D eigenvalue weighted by Gasteiger charge is 2.26. The number of carbonyl (C=O) groups is 2. The lowest BCUT2D eigenvalue weighted by atomic mass is 10.1. The van der Waals surface area contributed by atoms with E-state index in [9.17, 15) is 9.59 Å². The summed E-state index contributed by atoms with van der Waals surface area (Å²) in [4.78, 5) is 57.6. The van der Waals surface area contributed by atoms with Crippen LogP contribution < -0.4 is 53.5 Å². The first-order valence-corrected chi connectivity index (χ1v) is 35.6. The second kappa shape index (κ2) is 36.0. The summed E-state index contributed by atoms with van der Waals surface area (Å²) in [6, 6.07) is 85.9.